The van der Waals surface area contributed by atoms with Crippen molar-refractivity contribution in [3.05, 3.63) is 34.3 Å². The lowest BCUT2D eigenvalue weighted by molar-refractivity contribution is -0.131. The van der Waals surface area contributed by atoms with Crippen LogP contribution in [0.3, 0.4) is 0 Å². The first-order valence-electron chi connectivity index (χ1n) is 6.53. The van der Waals surface area contributed by atoms with Gasteiger partial charge >= 0.3 is 5.97 Å². The van der Waals surface area contributed by atoms with Crippen molar-refractivity contribution < 1.29 is 24.1 Å². The molecular formula is C15H19BrO5. The van der Waals surface area contributed by atoms with Gasteiger partial charge in [0, 0.05) is 26.2 Å². The van der Waals surface area contributed by atoms with Crippen molar-refractivity contribution >= 4 is 28.0 Å². The molecule has 6 heteroatoms. The molecule has 0 aliphatic rings. The molecule has 0 radical (unpaired) electrons. The highest BCUT2D eigenvalue weighted by molar-refractivity contribution is 9.10. The number of methoxy groups -OCH3 is 1. The topological polar surface area (TPSA) is 65.0 Å². The van der Waals surface area contributed by atoms with Crippen molar-refractivity contribution in [2.24, 2.45) is 0 Å². The molecule has 1 N–H and O–H groups in total. The highest BCUT2D eigenvalue weighted by Gasteiger charge is 2.02. The molecule has 0 saturated heterocycles. The van der Waals surface area contributed by atoms with Crippen LogP contribution in [0.2, 0.25) is 0 Å². The molecule has 1 aromatic carbocycles. The zero-order chi connectivity index (χ0) is 15.5. The second-order valence-electron chi connectivity index (χ2n) is 4.17. The van der Waals surface area contributed by atoms with Crippen molar-refractivity contribution in [2.45, 2.75) is 6.42 Å². The number of halogens is 1. The average molecular weight is 359 g/mol. The van der Waals surface area contributed by atoms with Crippen molar-refractivity contribution in [3.8, 4) is 5.75 Å². The molecule has 0 atom stereocenters. The van der Waals surface area contributed by atoms with Crippen LogP contribution in [0, 0.1) is 0 Å². The first kappa shape index (κ1) is 17.7. The van der Waals surface area contributed by atoms with Crippen LogP contribution >= 0.6 is 15.9 Å². The number of benzene rings is 1. The Morgan fingerprint density at radius 2 is 2.10 bits per heavy atom. The molecule has 0 spiro atoms. The van der Waals surface area contributed by atoms with Crippen LogP contribution in [-0.2, 0) is 14.3 Å². The van der Waals surface area contributed by atoms with E-state index < -0.39 is 5.97 Å². The second-order valence-corrected chi connectivity index (χ2v) is 5.02. The van der Waals surface area contributed by atoms with E-state index in [-0.39, 0.29) is 0 Å². The van der Waals surface area contributed by atoms with Gasteiger partial charge in [-0.2, -0.15) is 0 Å². The Morgan fingerprint density at radius 3 is 2.76 bits per heavy atom. The zero-order valence-corrected chi connectivity index (χ0v) is 13.5. The molecule has 1 aromatic rings. The third-order valence-corrected chi connectivity index (χ3v) is 3.12. The Kier molecular flexibility index (Phi) is 8.73. The van der Waals surface area contributed by atoms with Crippen molar-refractivity contribution in [1.29, 1.82) is 0 Å². The monoisotopic (exact) mass is 358 g/mol. The fourth-order valence-corrected chi connectivity index (χ4v) is 2.00. The van der Waals surface area contributed by atoms with Gasteiger partial charge in [0.05, 0.1) is 24.3 Å². The van der Waals surface area contributed by atoms with Gasteiger partial charge < -0.3 is 19.3 Å². The fraction of sp³-hybridized carbons (Fsp3) is 0.400. The van der Waals surface area contributed by atoms with E-state index in [1.165, 1.54) is 6.08 Å². The maximum atomic E-state index is 10.5. The van der Waals surface area contributed by atoms with E-state index in [1.54, 1.807) is 19.2 Å². The number of carboxylic acid groups (broad SMARTS) is 1. The smallest absolute Gasteiger partial charge is 0.328 e. The summed E-state index contributed by atoms with van der Waals surface area (Å²) in [6.45, 7) is 2.36. The minimum atomic E-state index is -0.972. The largest absolute Gasteiger partial charge is 0.492 e. The van der Waals surface area contributed by atoms with Crippen LogP contribution in [-0.4, -0.2) is 44.6 Å². The number of hydrogen-bond donors (Lipinski definition) is 1. The van der Waals surface area contributed by atoms with E-state index in [0.29, 0.717) is 26.4 Å². The van der Waals surface area contributed by atoms with E-state index in [2.05, 4.69) is 15.9 Å². The van der Waals surface area contributed by atoms with Crippen LogP contribution < -0.4 is 4.74 Å². The molecular weight excluding hydrogens is 340 g/mol. The van der Waals surface area contributed by atoms with Crippen LogP contribution in [0.4, 0.5) is 0 Å². The average Bonchev–Trinajstić information content (AvgIpc) is 2.46. The Hall–Kier alpha value is -1.37. The number of hydrogen-bond acceptors (Lipinski definition) is 4. The molecule has 5 nitrogen and oxygen atoms in total. The predicted molar refractivity (Wildman–Crippen MR) is 83.6 cm³/mol. The lowest BCUT2D eigenvalue weighted by Crippen LogP contribution is -2.07. The SMILES string of the molecule is COCCOCCCOc1ccc(/C=C/C(=O)O)cc1Br. The van der Waals surface area contributed by atoms with Gasteiger partial charge in [0.1, 0.15) is 5.75 Å². The summed E-state index contributed by atoms with van der Waals surface area (Å²) in [5.41, 5.74) is 0.791. The molecule has 0 amide bonds. The molecule has 0 heterocycles. The van der Waals surface area contributed by atoms with Crippen LogP contribution in [0.1, 0.15) is 12.0 Å². The zero-order valence-electron chi connectivity index (χ0n) is 11.9. The molecule has 0 unspecified atom stereocenters. The number of aliphatic carboxylic acids is 1. The van der Waals surface area contributed by atoms with Gasteiger partial charge in [-0.05, 0) is 39.7 Å². The third-order valence-electron chi connectivity index (χ3n) is 2.50. The minimum Gasteiger partial charge on any atom is -0.492 e. The number of carbonyl (C=O) groups is 1. The normalized spacial score (nSPS) is 11.0. The van der Waals surface area contributed by atoms with E-state index in [4.69, 9.17) is 19.3 Å². The highest BCUT2D eigenvalue weighted by atomic mass is 79.9. The summed E-state index contributed by atoms with van der Waals surface area (Å²) in [6, 6.07) is 5.41. The molecule has 116 valence electrons. The maximum Gasteiger partial charge on any atom is 0.328 e. The van der Waals surface area contributed by atoms with Crippen LogP contribution in [0.15, 0.2) is 28.7 Å². The number of carboxylic acids is 1. The molecule has 1 rings (SSSR count). The molecule has 0 aliphatic heterocycles. The Labute approximate surface area is 132 Å². The van der Waals surface area contributed by atoms with E-state index in [9.17, 15) is 4.79 Å². The van der Waals surface area contributed by atoms with Crippen molar-refractivity contribution in [1.82, 2.24) is 0 Å². The molecule has 0 saturated carbocycles. The summed E-state index contributed by atoms with van der Waals surface area (Å²) >= 11 is 3.40. The maximum absolute atomic E-state index is 10.5. The van der Waals surface area contributed by atoms with Crippen molar-refractivity contribution in [2.75, 3.05) is 33.5 Å². The Morgan fingerprint density at radius 1 is 1.29 bits per heavy atom. The Bertz CT molecular complexity index is 473. The summed E-state index contributed by atoms with van der Waals surface area (Å²) in [6.07, 6.45) is 3.41. The molecule has 21 heavy (non-hydrogen) atoms. The first-order chi connectivity index (χ1) is 10.1. The van der Waals surface area contributed by atoms with E-state index >= 15 is 0 Å². The lowest BCUT2D eigenvalue weighted by Gasteiger charge is -2.09. The molecule has 0 bridgehead atoms. The quantitative estimate of drug-likeness (QED) is 0.514. The second kappa shape index (κ2) is 10.4. The lowest BCUT2D eigenvalue weighted by atomic mass is 10.2. The van der Waals surface area contributed by atoms with Crippen LogP contribution in [0.5, 0.6) is 5.75 Å². The summed E-state index contributed by atoms with van der Waals surface area (Å²) in [5, 5.41) is 8.58. The summed E-state index contributed by atoms with van der Waals surface area (Å²) < 4.78 is 16.6. The number of ether oxygens (including phenoxy) is 3. The third kappa shape index (κ3) is 7.84. The van der Waals surface area contributed by atoms with Crippen molar-refractivity contribution in [3.63, 3.8) is 0 Å². The number of rotatable bonds is 10. The molecule has 0 aromatic heterocycles. The van der Waals surface area contributed by atoms with Gasteiger partial charge in [0.25, 0.3) is 0 Å². The minimum absolute atomic E-state index is 0.551. The van der Waals surface area contributed by atoms with Gasteiger partial charge in [-0.3, -0.25) is 0 Å². The fourth-order valence-electron chi connectivity index (χ4n) is 1.49. The summed E-state index contributed by atoms with van der Waals surface area (Å²) in [5.74, 6) is -0.251. The van der Waals surface area contributed by atoms with Gasteiger partial charge in [0.15, 0.2) is 0 Å². The van der Waals surface area contributed by atoms with Gasteiger partial charge in [-0.1, -0.05) is 6.07 Å². The molecule has 0 aliphatic carbocycles. The predicted octanol–water partition coefficient (Wildman–Crippen LogP) is 2.98. The van der Waals surface area contributed by atoms with Gasteiger partial charge in [0.2, 0.25) is 0 Å². The van der Waals surface area contributed by atoms with Gasteiger partial charge in [-0.15, -0.1) is 0 Å². The van der Waals surface area contributed by atoms with E-state index in [1.807, 2.05) is 6.07 Å². The van der Waals surface area contributed by atoms with Crippen LogP contribution in [0.25, 0.3) is 6.08 Å². The van der Waals surface area contributed by atoms with E-state index in [0.717, 1.165) is 28.3 Å². The highest BCUT2D eigenvalue weighted by Crippen LogP contribution is 2.26. The van der Waals surface area contributed by atoms with Gasteiger partial charge in [-0.25, -0.2) is 4.79 Å². The summed E-state index contributed by atoms with van der Waals surface area (Å²) in [7, 11) is 1.64. The first-order valence-corrected chi connectivity index (χ1v) is 7.33. The standard InChI is InChI=1S/C15H19BrO5/c1-19-9-10-20-7-2-8-21-14-5-3-12(11-13(14)16)4-6-15(17)18/h3-6,11H,2,7-10H2,1H3,(H,17,18)/b6-4+. The Balaban J connectivity index is 2.34. The summed E-state index contributed by atoms with van der Waals surface area (Å²) in [4.78, 5) is 10.5. The molecule has 0 fully saturated rings.